The Bertz CT molecular complexity index is 1700. The minimum atomic E-state index is -0.117. The molecule has 8 heteroatoms. The highest BCUT2D eigenvalue weighted by Gasteiger charge is 2.40. The van der Waals surface area contributed by atoms with Gasteiger partial charge < -0.3 is 15.4 Å². The van der Waals surface area contributed by atoms with Gasteiger partial charge in [-0.15, -0.1) is 0 Å². The van der Waals surface area contributed by atoms with Gasteiger partial charge in [0.2, 0.25) is 0 Å². The summed E-state index contributed by atoms with van der Waals surface area (Å²) in [4.78, 5) is 14.0. The summed E-state index contributed by atoms with van der Waals surface area (Å²) in [6.45, 7) is 0. The fraction of sp³-hybridized carbons (Fsp3) is 0.0714. The Balaban J connectivity index is 1.25. The van der Waals surface area contributed by atoms with E-state index in [0.29, 0.717) is 5.82 Å². The van der Waals surface area contributed by atoms with E-state index in [0.717, 1.165) is 50.1 Å². The molecule has 36 heavy (non-hydrogen) atoms. The molecule has 0 saturated carbocycles. The molecule has 0 spiro atoms. The molecule has 0 bridgehead atoms. The maximum absolute atomic E-state index is 5.90. The Kier molecular flexibility index (Phi) is 4.82. The molecule has 1 aliphatic heterocycles. The lowest BCUT2D eigenvalue weighted by atomic mass is 10.1. The average Bonchev–Trinajstić information content (AvgIpc) is 3.53. The third-order valence-electron chi connectivity index (χ3n) is 6.30. The molecule has 1 saturated heterocycles. The zero-order valence-electron chi connectivity index (χ0n) is 19.1. The number of hydrogen-bond acceptors (Lipinski definition) is 7. The summed E-state index contributed by atoms with van der Waals surface area (Å²) in [7, 11) is 0. The van der Waals surface area contributed by atoms with Gasteiger partial charge in [0.05, 0.1) is 17.2 Å². The van der Waals surface area contributed by atoms with Gasteiger partial charge in [-0.25, -0.2) is 9.97 Å². The van der Waals surface area contributed by atoms with Crippen LogP contribution in [0.2, 0.25) is 0 Å². The minimum Gasteiger partial charge on any atom is -0.357 e. The normalized spacial score (nSPS) is 16.8. The number of nitrogens with one attached hydrogen (secondary N) is 3. The van der Waals surface area contributed by atoms with Crippen LogP contribution >= 0.6 is 0 Å². The van der Waals surface area contributed by atoms with Gasteiger partial charge in [0.25, 0.3) is 0 Å². The first-order valence-corrected chi connectivity index (χ1v) is 11.7. The number of nitrogens with zero attached hydrogens (tertiary/aromatic N) is 4. The molecule has 0 aliphatic carbocycles. The van der Waals surface area contributed by atoms with Crippen LogP contribution in [0.3, 0.4) is 0 Å². The number of H-pyrrole nitrogens is 1. The second-order valence-corrected chi connectivity index (χ2v) is 8.66. The Morgan fingerprint density at radius 3 is 2.67 bits per heavy atom. The molecular formula is C28H21N7O. The average molecular weight is 472 g/mol. The van der Waals surface area contributed by atoms with Gasteiger partial charge in [0, 0.05) is 40.1 Å². The van der Waals surface area contributed by atoms with Gasteiger partial charge in [0.1, 0.15) is 11.9 Å². The van der Waals surface area contributed by atoms with E-state index in [9.17, 15) is 0 Å². The SMILES string of the molecule is c1ccc(-c2nc(Nc3ccc4[nH]ncc4c3)c3ccccc3n2)c(NC2OC2c2ccncc2)c1. The molecular weight excluding hydrogens is 450 g/mol. The first-order valence-electron chi connectivity index (χ1n) is 11.7. The van der Waals surface area contributed by atoms with Gasteiger partial charge >= 0.3 is 0 Å². The molecule has 174 valence electrons. The van der Waals surface area contributed by atoms with E-state index in [1.165, 1.54) is 0 Å². The Morgan fingerprint density at radius 2 is 1.72 bits per heavy atom. The van der Waals surface area contributed by atoms with E-state index >= 15 is 0 Å². The van der Waals surface area contributed by atoms with Crippen molar-refractivity contribution in [2.24, 2.45) is 0 Å². The summed E-state index contributed by atoms with van der Waals surface area (Å²) in [6.07, 6.45) is 5.25. The fourth-order valence-electron chi connectivity index (χ4n) is 4.44. The van der Waals surface area contributed by atoms with Crippen LogP contribution in [0.15, 0.2) is 97.5 Å². The summed E-state index contributed by atoms with van der Waals surface area (Å²) >= 11 is 0. The molecule has 1 aliphatic rings. The molecule has 6 aromatic rings. The van der Waals surface area contributed by atoms with Crippen molar-refractivity contribution in [1.29, 1.82) is 0 Å². The van der Waals surface area contributed by atoms with Crippen LogP contribution in [0.4, 0.5) is 17.2 Å². The first kappa shape index (κ1) is 20.5. The molecule has 0 amide bonds. The summed E-state index contributed by atoms with van der Waals surface area (Å²) < 4.78 is 5.90. The highest BCUT2D eigenvalue weighted by molar-refractivity contribution is 5.94. The smallest absolute Gasteiger partial charge is 0.164 e. The number of aromatic amines is 1. The lowest BCUT2D eigenvalue weighted by Crippen LogP contribution is -2.07. The lowest BCUT2D eigenvalue weighted by Gasteiger charge is -2.14. The molecule has 7 rings (SSSR count). The van der Waals surface area contributed by atoms with Gasteiger partial charge in [0.15, 0.2) is 12.1 Å². The molecule has 8 nitrogen and oxygen atoms in total. The van der Waals surface area contributed by atoms with Crippen molar-refractivity contribution in [2.75, 3.05) is 10.6 Å². The zero-order chi connectivity index (χ0) is 23.9. The highest BCUT2D eigenvalue weighted by atomic mass is 16.6. The predicted molar refractivity (Wildman–Crippen MR) is 140 cm³/mol. The van der Waals surface area contributed by atoms with Gasteiger partial charge in [-0.3, -0.25) is 10.1 Å². The van der Waals surface area contributed by atoms with Crippen LogP contribution < -0.4 is 10.6 Å². The summed E-state index contributed by atoms with van der Waals surface area (Å²) in [5.41, 5.74) is 5.70. The van der Waals surface area contributed by atoms with Gasteiger partial charge in [-0.1, -0.05) is 24.3 Å². The maximum Gasteiger partial charge on any atom is 0.164 e. The first-order chi connectivity index (χ1) is 17.8. The van der Waals surface area contributed by atoms with E-state index in [1.54, 1.807) is 12.4 Å². The summed E-state index contributed by atoms with van der Waals surface area (Å²) in [5.74, 6) is 1.37. The number of epoxide rings is 1. The summed E-state index contributed by atoms with van der Waals surface area (Å²) in [5, 5.41) is 16.1. The summed E-state index contributed by atoms with van der Waals surface area (Å²) in [6, 6.07) is 26.1. The molecule has 3 N–H and O–H groups in total. The lowest BCUT2D eigenvalue weighted by molar-refractivity contribution is 0.386. The zero-order valence-corrected chi connectivity index (χ0v) is 19.1. The van der Waals surface area contributed by atoms with Crippen molar-refractivity contribution in [1.82, 2.24) is 25.1 Å². The number of ether oxygens (including phenoxy) is 1. The van der Waals surface area contributed by atoms with E-state index in [2.05, 4.69) is 31.9 Å². The van der Waals surface area contributed by atoms with Gasteiger partial charge in [-0.05, 0) is 60.2 Å². The van der Waals surface area contributed by atoms with Crippen LogP contribution in [-0.4, -0.2) is 31.4 Å². The third-order valence-corrected chi connectivity index (χ3v) is 6.30. The van der Waals surface area contributed by atoms with Crippen LogP contribution in [0.25, 0.3) is 33.2 Å². The quantitative estimate of drug-likeness (QED) is 0.263. The van der Waals surface area contributed by atoms with Crippen molar-refractivity contribution in [2.45, 2.75) is 12.3 Å². The number of fused-ring (bicyclic) bond motifs is 2. The predicted octanol–water partition coefficient (Wildman–Crippen LogP) is 5.82. The largest absolute Gasteiger partial charge is 0.357 e. The Hall–Kier alpha value is -4.82. The van der Waals surface area contributed by atoms with E-state index in [4.69, 9.17) is 14.7 Å². The highest BCUT2D eigenvalue weighted by Crippen LogP contribution is 2.40. The number of anilines is 3. The van der Waals surface area contributed by atoms with Crippen LogP contribution in [0, 0.1) is 0 Å². The van der Waals surface area contributed by atoms with Crippen LogP contribution in [0.1, 0.15) is 11.7 Å². The number of pyridine rings is 1. The van der Waals surface area contributed by atoms with E-state index < -0.39 is 0 Å². The fourth-order valence-corrected chi connectivity index (χ4v) is 4.44. The van der Waals surface area contributed by atoms with Crippen molar-refractivity contribution < 1.29 is 4.74 Å². The third kappa shape index (κ3) is 3.79. The molecule has 3 aromatic heterocycles. The van der Waals surface area contributed by atoms with Gasteiger partial charge in [-0.2, -0.15) is 5.10 Å². The monoisotopic (exact) mass is 471 g/mol. The van der Waals surface area contributed by atoms with Crippen LogP contribution in [0.5, 0.6) is 0 Å². The van der Waals surface area contributed by atoms with E-state index in [1.807, 2.05) is 79.0 Å². The number of benzene rings is 3. The topological polar surface area (TPSA) is 104 Å². The molecule has 1 fully saturated rings. The second kappa shape index (κ2) is 8.44. The molecule has 3 aromatic carbocycles. The Labute approximate surface area is 206 Å². The molecule has 4 heterocycles. The molecule has 2 unspecified atom stereocenters. The standard InChI is InChI=1S/C28H21N7O/c1-3-7-23-20(5-1)26(31-19-9-10-22-18(15-19)16-30-35-22)34-27(32-23)21-6-2-4-8-24(21)33-28-25(36-28)17-11-13-29-14-12-17/h1-16,25,28,33H,(H,30,35)(H,31,32,34). The van der Waals surface area contributed by atoms with Crippen molar-refractivity contribution in [3.63, 3.8) is 0 Å². The number of hydrogen-bond donors (Lipinski definition) is 3. The Morgan fingerprint density at radius 1 is 0.861 bits per heavy atom. The van der Waals surface area contributed by atoms with Crippen molar-refractivity contribution >= 4 is 39.0 Å². The van der Waals surface area contributed by atoms with Crippen molar-refractivity contribution in [3.05, 3.63) is 103 Å². The number of para-hydroxylation sites is 2. The number of aromatic nitrogens is 5. The second-order valence-electron chi connectivity index (χ2n) is 8.66. The van der Waals surface area contributed by atoms with E-state index in [-0.39, 0.29) is 12.3 Å². The molecule has 0 radical (unpaired) electrons. The molecule has 2 atom stereocenters. The maximum atomic E-state index is 5.90. The number of rotatable bonds is 6. The van der Waals surface area contributed by atoms with Crippen LogP contribution in [-0.2, 0) is 4.74 Å². The van der Waals surface area contributed by atoms with Crippen molar-refractivity contribution in [3.8, 4) is 11.4 Å². The minimum absolute atomic E-state index is 0.00589.